The zero-order valence-corrected chi connectivity index (χ0v) is 10.4. The Morgan fingerprint density at radius 3 is 2.75 bits per heavy atom. The van der Waals surface area contributed by atoms with Gasteiger partial charge in [-0.05, 0) is 31.5 Å². The van der Waals surface area contributed by atoms with Crippen LogP contribution >= 0.6 is 0 Å². The van der Waals surface area contributed by atoms with E-state index in [2.05, 4.69) is 4.72 Å². The highest BCUT2D eigenvalue weighted by atomic mass is 32.2. The molecule has 0 aliphatic carbocycles. The van der Waals surface area contributed by atoms with Crippen LogP contribution in [-0.4, -0.2) is 27.3 Å². The Hall–Kier alpha value is -1.07. The molecular formula is C11H17NO3S. The number of sulfonamides is 1. The van der Waals surface area contributed by atoms with Crippen LogP contribution in [0.1, 0.15) is 12.5 Å². The van der Waals surface area contributed by atoms with Crippen molar-refractivity contribution in [2.45, 2.75) is 13.8 Å². The molecule has 0 saturated carbocycles. The van der Waals surface area contributed by atoms with Gasteiger partial charge in [-0.15, -0.1) is 0 Å². The Balaban J connectivity index is 2.32. The molecule has 0 spiro atoms. The summed E-state index contributed by atoms with van der Waals surface area (Å²) in [6.45, 7) is 4.21. The molecule has 0 unspecified atom stereocenters. The van der Waals surface area contributed by atoms with Crippen molar-refractivity contribution in [1.29, 1.82) is 0 Å². The maximum atomic E-state index is 11.1. The van der Waals surface area contributed by atoms with Gasteiger partial charge in [-0.2, -0.15) is 0 Å². The van der Waals surface area contributed by atoms with E-state index in [4.69, 9.17) is 4.74 Å². The summed E-state index contributed by atoms with van der Waals surface area (Å²) in [4.78, 5) is 0. The predicted molar refractivity (Wildman–Crippen MR) is 64.1 cm³/mol. The van der Waals surface area contributed by atoms with E-state index < -0.39 is 10.0 Å². The second-order valence-electron chi connectivity index (χ2n) is 3.46. The summed E-state index contributed by atoms with van der Waals surface area (Å²) >= 11 is 0. The Morgan fingerprint density at radius 2 is 2.12 bits per heavy atom. The van der Waals surface area contributed by atoms with Gasteiger partial charge in [0.05, 0.1) is 5.75 Å². The molecule has 90 valence electrons. The second kappa shape index (κ2) is 5.86. The van der Waals surface area contributed by atoms with E-state index in [9.17, 15) is 8.42 Å². The third-order valence-corrected chi connectivity index (χ3v) is 3.47. The molecule has 4 nitrogen and oxygen atoms in total. The molecule has 0 amide bonds. The van der Waals surface area contributed by atoms with E-state index in [0.29, 0.717) is 13.2 Å². The zero-order chi connectivity index (χ0) is 12.0. The van der Waals surface area contributed by atoms with Crippen molar-refractivity contribution in [2.75, 3.05) is 18.9 Å². The van der Waals surface area contributed by atoms with Gasteiger partial charge in [0, 0.05) is 6.54 Å². The maximum absolute atomic E-state index is 11.1. The molecule has 1 aromatic rings. The number of aryl methyl sites for hydroxylation is 1. The van der Waals surface area contributed by atoms with Gasteiger partial charge >= 0.3 is 0 Å². The Morgan fingerprint density at radius 1 is 1.38 bits per heavy atom. The summed E-state index contributed by atoms with van der Waals surface area (Å²) in [5.74, 6) is 0.855. The van der Waals surface area contributed by atoms with Crippen LogP contribution in [0.25, 0.3) is 0 Å². The minimum absolute atomic E-state index is 0.0947. The van der Waals surface area contributed by atoms with Gasteiger partial charge in [-0.1, -0.05) is 12.1 Å². The first-order valence-electron chi connectivity index (χ1n) is 5.20. The lowest BCUT2D eigenvalue weighted by atomic mass is 10.2. The average molecular weight is 243 g/mol. The van der Waals surface area contributed by atoms with Crippen molar-refractivity contribution in [3.05, 3.63) is 29.8 Å². The molecule has 1 aromatic carbocycles. The van der Waals surface area contributed by atoms with Crippen LogP contribution < -0.4 is 9.46 Å². The van der Waals surface area contributed by atoms with Crippen molar-refractivity contribution >= 4 is 10.0 Å². The monoisotopic (exact) mass is 243 g/mol. The van der Waals surface area contributed by atoms with Gasteiger partial charge in [0.1, 0.15) is 12.4 Å². The molecule has 16 heavy (non-hydrogen) atoms. The third kappa shape index (κ3) is 4.63. The fourth-order valence-corrected chi connectivity index (χ4v) is 1.77. The number of ether oxygens (including phenoxy) is 1. The lowest BCUT2D eigenvalue weighted by Gasteiger charge is -2.07. The zero-order valence-electron chi connectivity index (χ0n) is 9.56. The molecule has 0 aliphatic heterocycles. The maximum Gasteiger partial charge on any atom is 0.211 e. The van der Waals surface area contributed by atoms with Gasteiger partial charge in [0.25, 0.3) is 0 Å². The van der Waals surface area contributed by atoms with Crippen LogP contribution in [-0.2, 0) is 10.0 Å². The lowest BCUT2D eigenvalue weighted by Crippen LogP contribution is -2.29. The molecule has 0 fully saturated rings. The number of benzene rings is 1. The largest absolute Gasteiger partial charge is 0.492 e. The fraction of sp³-hybridized carbons (Fsp3) is 0.455. The number of nitrogens with one attached hydrogen (secondary N) is 1. The Labute approximate surface area is 96.7 Å². The van der Waals surface area contributed by atoms with Crippen LogP contribution in [0.2, 0.25) is 0 Å². The average Bonchev–Trinajstić information content (AvgIpc) is 2.25. The molecule has 0 aliphatic rings. The van der Waals surface area contributed by atoms with Crippen molar-refractivity contribution in [3.63, 3.8) is 0 Å². The molecule has 0 bridgehead atoms. The summed E-state index contributed by atoms with van der Waals surface area (Å²) in [6.07, 6.45) is 0. The third-order valence-electron chi connectivity index (χ3n) is 2.06. The summed E-state index contributed by atoms with van der Waals surface area (Å²) < 4.78 is 30.0. The molecular weight excluding hydrogens is 226 g/mol. The summed E-state index contributed by atoms with van der Waals surface area (Å²) in [7, 11) is -3.11. The van der Waals surface area contributed by atoms with Gasteiger partial charge < -0.3 is 4.74 Å². The van der Waals surface area contributed by atoms with Gasteiger partial charge in [0.15, 0.2) is 0 Å². The van der Waals surface area contributed by atoms with Gasteiger partial charge in [-0.25, -0.2) is 13.1 Å². The molecule has 0 radical (unpaired) electrons. The molecule has 1 N–H and O–H groups in total. The van der Waals surface area contributed by atoms with Gasteiger partial charge in [-0.3, -0.25) is 0 Å². The summed E-state index contributed by atoms with van der Waals surface area (Å²) in [5, 5.41) is 0. The topological polar surface area (TPSA) is 55.4 Å². The molecule has 0 aromatic heterocycles. The summed E-state index contributed by atoms with van der Waals surface area (Å²) in [5.41, 5.74) is 1.12. The first kappa shape index (κ1) is 13.0. The normalized spacial score (nSPS) is 11.4. The van der Waals surface area contributed by atoms with Crippen molar-refractivity contribution in [2.24, 2.45) is 0 Å². The van der Waals surface area contributed by atoms with E-state index in [0.717, 1.165) is 11.3 Å². The minimum Gasteiger partial charge on any atom is -0.492 e. The molecule has 0 saturated heterocycles. The second-order valence-corrected chi connectivity index (χ2v) is 5.56. The summed E-state index contributed by atoms with van der Waals surface area (Å²) in [6, 6.07) is 7.64. The molecule has 0 heterocycles. The van der Waals surface area contributed by atoms with Crippen molar-refractivity contribution in [1.82, 2.24) is 4.72 Å². The van der Waals surface area contributed by atoms with E-state index in [-0.39, 0.29) is 5.75 Å². The van der Waals surface area contributed by atoms with Crippen molar-refractivity contribution in [3.8, 4) is 5.75 Å². The first-order chi connectivity index (χ1) is 7.53. The smallest absolute Gasteiger partial charge is 0.211 e. The molecule has 1 rings (SSSR count). The minimum atomic E-state index is -3.11. The molecule has 5 heteroatoms. The van der Waals surface area contributed by atoms with E-state index in [1.807, 2.05) is 31.2 Å². The van der Waals surface area contributed by atoms with Crippen molar-refractivity contribution < 1.29 is 13.2 Å². The number of hydrogen-bond donors (Lipinski definition) is 1. The first-order valence-corrected chi connectivity index (χ1v) is 6.85. The number of rotatable bonds is 6. The van der Waals surface area contributed by atoms with Gasteiger partial charge in [0.2, 0.25) is 10.0 Å². The molecule has 0 atom stereocenters. The van der Waals surface area contributed by atoms with Crippen LogP contribution in [0.3, 0.4) is 0 Å². The Bertz CT molecular complexity index is 429. The van der Waals surface area contributed by atoms with E-state index in [1.54, 1.807) is 6.92 Å². The fourth-order valence-electron chi connectivity index (χ4n) is 1.17. The van der Waals surface area contributed by atoms with Crippen LogP contribution in [0.4, 0.5) is 0 Å². The predicted octanol–water partition coefficient (Wildman–Crippen LogP) is 1.31. The SMILES string of the molecule is CCS(=O)(=O)NCCOc1cccc(C)c1. The highest BCUT2D eigenvalue weighted by Gasteiger charge is 2.04. The van der Waals surface area contributed by atoms with E-state index in [1.165, 1.54) is 0 Å². The van der Waals surface area contributed by atoms with Crippen LogP contribution in [0.5, 0.6) is 5.75 Å². The van der Waals surface area contributed by atoms with E-state index >= 15 is 0 Å². The highest BCUT2D eigenvalue weighted by molar-refractivity contribution is 7.89. The Kier molecular flexibility index (Phi) is 4.76. The number of hydrogen-bond acceptors (Lipinski definition) is 3. The standard InChI is InChI=1S/C11H17NO3S/c1-3-16(13,14)12-7-8-15-11-6-4-5-10(2)9-11/h4-6,9,12H,3,7-8H2,1-2H3. The van der Waals surface area contributed by atoms with Crippen LogP contribution in [0.15, 0.2) is 24.3 Å². The lowest BCUT2D eigenvalue weighted by molar-refractivity contribution is 0.322. The highest BCUT2D eigenvalue weighted by Crippen LogP contribution is 2.11. The quantitative estimate of drug-likeness (QED) is 0.766. The van der Waals surface area contributed by atoms with Crippen LogP contribution in [0, 0.1) is 6.92 Å².